The number of benzene rings is 2. The van der Waals surface area contributed by atoms with Gasteiger partial charge in [0.05, 0.1) is 35.3 Å². The van der Waals surface area contributed by atoms with Crippen LogP contribution in [0, 0.1) is 6.92 Å². The molecule has 4 aromatic rings. The first-order valence-electron chi connectivity index (χ1n) is 12.3. The Balaban J connectivity index is 1.15. The zero-order valence-corrected chi connectivity index (χ0v) is 22.0. The van der Waals surface area contributed by atoms with Gasteiger partial charge in [0.15, 0.2) is 5.78 Å². The van der Waals surface area contributed by atoms with Crippen LogP contribution in [0.3, 0.4) is 0 Å². The molecule has 5 rings (SSSR count). The Bertz CT molecular complexity index is 1350. The molecule has 3 heterocycles. The van der Waals surface area contributed by atoms with Crippen LogP contribution >= 0.6 is 23.1 Å². The fourth-order valence-corrected chi connectivity index (χ4v) is 6.23. The van der Waals surface area contributed by atoms with Gasteiger partial charge in [0.2, 0.25) is 5.91 Å². The standard InChI is InChI=1S/C28H30N4O2S2/c1-20-4-8-23(9-5-20)35-19-26(33)27-11-10-24(36-27)17-28(34)30-22-7-6-21-18-29-32(25(21)16-22)15-14-31-12-2-3-13-31/h4-11,16,18H,2-3,12-15,17,19H2,1H3,(H,30,34). The first-order chi connectivity index (χ1) is 17.5. The number of ketones is 1. The van der Waals surface area contributed by atoms with Gasteiger partial charge >= 0.3 is 0 Å². The summed E-state index contributed by atoms with van der Waals surface area (Å²) in [6, 6.07) is 17.8. The molecule has 0 atom stereocenters. The molecule has 36 heavy (non-hydrogen) atoms. The van der Waals surface area contributed by atoms with Crippen molar-refractivity contribution in [3.63, 3.8) is 0 Å². The summed E-state index contributed by atoms with van der Waals surface area (Å²) >= 11 is 2.94. The van der Waals surface area contributed by atoms with Crippen molar-refractivity contribution in [2.24, 2.45) is 0 Å². The van der Waals surface area contributed by atoms with Crippen LogP contribution in [0.2, 0.25) is 0 Å². The fourth-order valence-electron chi connectivity index (χ4n) is 4.41. The van der Waals surface area contributed by atoms with E-state index in [4.69, 9.17) is 0 Å². The average Bonchev–Trinajstić information content (AvgIpc) is 3.63. The molecule has 1 saturated heterocycles. The van der Waals surface area contributed by atoms with Gasteiger partial charge in [0.1, 0.15) is 0 Å². The molecule has 1 N–H and O–H groups in total. The SMILES string of the molecule is Cc1ccc(SCC(=O)c2ccc(CC(=O)Nc3ccc4cnn(CCN5CCCC5)c4c3)s2)cc1. The molecule has 1 amide bonds. The predicted octanol–water partition coefficient (Wildman–Crippen LogP) is 5.66. The van der Waals surface area contributed by atoms with Crippen LogP contribution in [0.4, 0.5) is 5.69 Å². The number of hydrogen-bond acceptors (Lipinski definition) is 6. The summed E-state index contributed by atoms with van der Waals surface area (Å²) in [5.74, 6) is 0.387. The number of fused-ring (bicyclic) bond motifs is 1. The summed E-state index contributed by atoms with van der Waals surface area (Å²) in [5.41, 5.74) is 3.00. The Kier molecular flexibility index (Phi) is 7.84. The van der Waals surface area contributed by atoms with Crippen molar-refractivity contribution in [3.8, 4) is 0 Å². The fraction of sp³-hybridized carbons (Fsp3) is 0.321. The zero-order chi connectivity index (χ0) is 24.9. The molecule has 0 aliphatic carbocycles. The third-order valence-electron chi connectivity index (χ3n) is 6.42. The number of Topliss-reactive ketones (excluding diaryl/α,β-unsaturated/α-hetero) is 1. The maximum absolute atomic E-state index is 12.7. The van der Waals surface area contributed by atoms with E-state index in [0.29, 0.717) is 10.6 Å². The molecule has 2 aromatic carbocycles. The minimum atomic E-state index is -0.0904. The van der Waals surface area contributed by atoms with Gasteiger partial charge in [0, 0.05) is 27.4 Å². The van der Waals surface area contributed by atoms with E-state index in [1.54, 1.807) is 0 Å². The minimum absolute atomic E-state index is 0.0878. The molecule has 0 unspecified atom stereocenters. The smallest absolute Gasteiger partial charge is 0.229 e. The summed E-state index contributed by atoms with van der Waals surface area (Å²) < 4.78 is 2.02. The van der Waals surface area contributed by atoms with E-state index in [-0.39, 0.29) is 18.1 Å². The monoisotopic (exact) mass is 518 g/mol. The van der Waals surface area contributed by atoms with Gasteiger partial charge in [-0.1, -0.05) is 17.7 Å². The van der Waals surface area contributed by atoms with E-state index < -0.39 is 0 Å². The molecular formula is C28H30N4O2S2. The van der Waals surface area contributed by atoms with Gasteiger partial charge in [-0.15, -0.1) is 23.1 Å². The normalized spacial score (nSPS) is 13.9. The number of thioether (sulfide) groups is 1. The highest BCUT2D eigenvalue weighted by molar-refractivity contribution is 8.00. The van der Waals surface area contributed by atoms with Crippen LogP contribution in [-0.2, 0) is 17.8 Å². The van der Waals surface area contributed by atoms with Gasteiger partial charge in [-0.25, -0.2) is 0 Å². The number of anilines is 1. The second kappa shape index (κ2) is 11.4. The number of likely N-dealkylation sites (tertiary alicyclic amines) is 1. The van der Waals surface area contributed by atoms with E-state index >= 15 is 0 Å². The lowest BCUT2D eigenvalue weighted by atomic mass is 10.2. The predicted molar refractivity (Wildman–Crippen MR) is 148 cm³/mol. The number of rotatable bonds is 10. The number of nitrogens with one attached hydrogen (secondary N) is 1. The third kappa shape index (κ3) is 6.24. The van der Waals surface area contributed by atoms with E-state index in [0.717, 1.165) is 39.5 Å². The summed E-state index contributed by atoms with van der Waals surface area (Å²) in [5, 5.41) is 8.63. The Hall–Kier alpha value is -2.94. The highest BCUT2D eigenvalue weighted by Gasteiger charge is 2.14. The molecule has 1 fully saturated rings. The molecule has 8 heteroatoms. The van der Waals surface area contributed by atoms with Crippen LogP contribution in [0.15, 0.2) is 65.7 Å². The number of amides is 1. The summed E-state index contributed by atoms with van der Waals surface area (Å²) in [7, 11) is 0. The van der Waals surface area contributed by atoms with Crippen molar-refractivity contribution >= 4 is 51.4 Å². The van der Waals surface area contributed by atoms with Gasteiger partial charge in [-0.05, 0) is 75.3 Å². The highest BCUT2D eigenvalue weighted by atomic mass is 32.2. The zero-order valence-electron chi connectivity index (χ0n) is 20.4. The number of carbonyl (C=O) groups is 2. The number of hydrogen-bond donors (Lipinski definition) is 1. The van der Waals surface area contributed by atoms with Crippen molar-refractivity contribution in [2.45, 2.75) is 37.6 Å². The third-order valence-corrected chi connectivity index (χ3v) is 8.56. The van der Waals surface area contributed by atoms with Crippen molar-refractivity contribution in [2.75, 3.05) is 30.7 Å². The lowest BCUT2D eigenvalue weighted by molar-refractivity contribution is -0.115. The number of carbonyl (C=O) groups excluding carboxylic acids is 2. The van der Waals surface area contributed by atoms with Crippen molar-refractivity contribution in [1.29, 1.82) is 0 Å². The molecule has 0 radical (unpaired) electrons. The second-order valence-electron chi connectivity index (χ2n) is 9.21. The van der Waals surface area contributed by atoms with Gasteiger partial charge in [-0.3, -0.25) is 14.3 Å². The van der Waals surface area contributed by atoms with Crippen LogP contribution in [-0.4, -0.2) is 51.8 Å². The quantitative estimate of drug-likeness (QED) is 0.217. The Morgan fingerprint density at radius 2 is 1.83 bits per heavy atom. The number of aryl methyl sites for hydroxylation is 1. The average molecular weight is 519 g/mol. The van der Waals surface area contributed by atoms with E-state index in [1.807, 2.05) is 60.3 Å². The summed E-state index contributed by atoms with van der Waals surface area (Å²) in [4.78, 5) is 30.5. The molecule has 6 nitrogen and oxygen atoms in total. The molecule has 2 aromatic heterocycles. The first kappa shape index (κ1) is 24.7. The first-order valence-corrected chi connectivity index (χ1v) is 14.1. The van der Waals surface area contributed by atoms with Crippen LogP contribution < -0.4 is 5.32 Å². The molecule has 0 bridgehead atoms. The molecule has 0 saturated carbocycles. The van der Waals surface area contributed by atoms with Gasteiger partial charge < -0.3 is 10.2 Å². The van der Waals surface area contributed by atoms with Crippen molar-refractivity contribution < 1.29 is 9.59 Å². The van der Waals surface area contributed by atoms with Crippen molar-refractivity contribution in [1.82, 2.24) is 14.7 Å². The Morgan fingerprint density at radius 3 is 2.64 bits per heavy atom. The highest BCUT2D eigenvalue weighted by Crippen LogP contribution is 2.24. The van der Waals surface area contributed by atoms with Crippen molar-refractivity contribution in [3.05, 3.63) is 76.1 Å². The maximum atomic E-state index is 12.7. The number of thiophene rings is 1. The topological polar surface area (TPSA) is 67.2 Å². The van der Waals surface area contributed by atoms with Crippen LogP contribution in [0.25, 0.3) is 10.9 Å². The number of aromatic nitrogens is 2. The minimum Gasteiger partial charge on any atom is -0.326 e. The largest absolute Gasteiger partial charge is 0.326 e. The summed E-state index contributed by atoms with van der Waals surface area (Å²) in [6.45, 7) is 6.22. The summed E-state index contributed by atoms with van der Waals surface area (Å²) in [6.07, 6.45) is 4.69. The molecule has 186 valence electrons. The lowest BCUT2D eigenvalue weighted by Gasteiger charge is -2.14. The van der Waals surface area contributed by atoms with Crippen LogP contribution in [0.5, 0.6) is 0 Å². The second-order valence-corrected chi connectivity index (χ2v) is 11.4. The van der Waals surface area contributed by atoms with Gasteiger partial charge in [-0.2, -0.15) is 5.10 Å². The van der Waals surface area contributed by atoms with E-state index in [2.05, 4.69) is 27.4 Å². The number of nitrogens with zero attached hydrogens (tertiary/aromatic N) is 3. The maximum Gasteiger partial charge on any atom is 0.229 e. The lowest BCUT2D eigenvalue weighted by Crippen LogP contribution is -2.24. The Labute approximate surface area is 219 Å². The Morgan fingerprint density at radius 1 is 1.03 bits per heavy atom. The van der Waals surface area contributed by atoms with Gasteiger partial charge in [0.25, 0.3) is 0 Å². The van der Waals surface area contributed by atoms with E-state index in [9.17, 15) is 9.59 Å². The molecule has 1 aliphatic rings. The molecule has 1 aliphatic heterocycles. The molecular weight excluding hydrogens is 488 g/mol. The molecule has 0 spiro atoms. The van der Waals surface area contributed by atoms with E-state index in [1.165, 1.54) is 54.6 Å². The van der Waals surface area contributed by atoms with Crippen LogP contribution in [0.1, 0.15) is 33.0 Å².